The van der Waals surface area contributed by atoms with Crippen LogP contribution in [0.15, 0.2) is 48.5 Å². The molecule has 0 fully saturated rings. The first-order chi connectivity index (χ1) is 8.31. The van der Waals surface area contributed by atoms with E-state index >= 15 is 0 Å². The van der Waals surface area contributed by atoms with E-state index in [4.69, 9.17) is 0 Å². The summed E-state index contributed by atoms with van der Waals surface area (Å²) in [6.07, 6.45) is 0. The smallest absolute Gasteiger partial charge is 0.115 e. The van der Waals surface area contributed by atoms with Gasteiger partial charge in [-0.15, -0.1) is 0 Å². The molecule has 3 rings (SSSR count). The summed E-state index contributed by atoms with van der Waals surface area (Å²) in [5, 5.41) is 9.44. The van der Waals surface area contributed by atoms with Gasteiger partial charge >= 0.3 is 0 Å². The molecule has 0 aromatic heterocycles. The summed E-state index contributed by atoms with van der Waals surface area (Å²) in [5.41, 5.74) is 4.01. The van der Waals surface area contributed by atoms with Crippen LogP contribution in [-0.2, 0) is 19.6 Å². The minimum Gasteiger partial charge on any atom is -0.508 e. The van der Waals surface area contributed by atoms with Gasteiger partial charge in [0.15, 0.2) is 0 Å². The molecule has 0 radical (unpaired) electrons. The number of benzene rings is 2. The molecule has 1 aliphatic rings. The Morgan fingerprint density at radius 1 is 0.941 bits per heavy atom. The summed E-state index contributed by atoms with van der Waals surface area (Å²) in [7, 11) is 0. The first kappa shape index (κ1) is 10.4. The molecule has 1 heterocycles. The van der Waals surface area contributed by atoms with E-state index in [9.17, 15) is 5.11 Å². The first-order valence-corrected chi connectivity index (χ1v) is 5.88. The summed E-state index contributed by atoms with van der Waals surface area (Å²) in [4.78, 5) is 2.39. The second-order valence-electron chi connectivity index (χ2n) is 4.58. The van der Waals surface area contributed by atoms with Crippen LogP contribution in [-0.4, -0.2) is 10.0 Å². The summed E-state index contributed by atoms with van der Waals surface area (Å²) in [5.74, 6) is 0.346. The molecule has 0 spiro atoms. The maximum Gasteiger partial charge on any atom is 0.115 e. The molecule has 2 aromatic rings. The first-order valence-electron chi connectivity index (χ1n) is 5.88. The van der Waals surface area contributed by atoms with Crippen molar-refractivity contribution in [2.24, 2.45) is 0 Å². The fraction of sp³-hybridized carbons (Fsp3) is 0.200. The van der Waals surface area contributed by atoms with Crippen LogP contribution in [0, 0.1) is 0 Å². The van der Waals surface area contributed by atoms with Crippen molar-refractivity contribution in [3.05, 3.63) is 65.2 Å². The summed E-state index contributed by atoms with van der Waals surface area (Å²) < 4.78 is 0. The van der Waals surface area contributed by atoms with Gasteiger partial charge < -0.3 is 5.11 Å². The number of hydrogen-bond acceptors (Lipinski definition) is 2. The van der Waals surface area contributed by atoms with Crippen molar-refractivity contribution in [2.45, 2.75) is 19.6 Å². The van der Waals surface area contributed by atoms with Gasteiger partial charge in [0, 0.05) is 19.6 Å². The number of rotatable bonds is 2. The van der Waals surface area contributed by atoms with E-state index in [0.29, 0.717) is 5.75 Å². The standard InChI is InChI=1S/C15H15NO/c17-15-7-3-4-12(8-15)9-16-10-13-5-1-2-6-14(13)11-16/h1-8,17H,9-11H2. The Morgan fingerprint density at radius 2 is 1.65 bits per heavy atom. The Hall–Kier alpha value is -1.80. The van der Waals surface area contributed by atoms with Crippen LogP contribution in [0.1, 0.15) is 16.7 Å². The molecule has 2 nitrogen and oxygen atoms in total. The second kappa shape index (κ2) is 4.22. The normalized spacial score (nSPS) is 14.8. The Labute approximate surface area is 101 Å². The zero-order valence-electron chi connectivity index (χ0n) is 9.63. The summed E-state index contributed by atoms with van der Waals surface area (Å²) in [6.45, 7) is 2.90. The molecule has 0 saturated carbocycles. The number of nitrogens with zero attached hydrogens (tertiary/aromatic N) is 1. The monoisotopic (exact) mass is 225 g/mol. The van der Waals surface area contributed by atoms with E-state index < -0.39 is 0 Å². The van der Waals surface area contributed by atoms with Crippen LogP contribution in [0.2, 0.25) is 0 Å². The van der Waals surface area contributed by atoms with Crippen LogP contribution < -0.4 is 0 Å². The maximum absolute atomic E-state index is 9.44. The lowest BCUT2D eigenvalue weighted by Gasteiger charge is -2.14. The van der Waals surface area contributed by atoms with Gasteiger partial charge in [-0.25, -0.2) is 0 Å². The van der Waals surface area contributed by atoms with Gasteiger partial charge in [0.05, 0.1) is 0 Å². The van der Waals surface area contributed by atoms with Crippen LogP contribution in [0.4, 0.5) is 0 Å². The van der Waals surface area contributed by atoms with Crippen molar-refractivity contribution in [1.82, 2.24) is 4.90 Å². The van der Waals surface area contributed by atoms with E-state index in [1.165, 1.54) is 11.1 Å². The van der Waals surface area contributed by atoms with Gasteiger partial charge in [0.2, 0.25) is 0 Å². The summed E-state index contributed by atoms with van der Waals surface area (Å²) >= 11 is 0. The highest BCUT2D eigenvalue weighted by Crippen LogP contribution is 2.24. The largest absolute Gasteiger partial charge is 0.508 e. The van der Waals surface area contributed by atoms with E-state index in [1.807, 2.05) is 12.1 Å². The molecule has 0 amide bonds. The number of phenolic OH excluding ortho intramolecular Hbond substituents is 1. The fourth-order valence-corrected chi connectivity index (χ4v) is 2.43. The molecule has 17 heavy (non-hydrogen) atoms. The molecule has 0 atom stereocenters. The van der Waals surface area contributed by atoms with E-state index in [1.54, 1.807) is 6.07 Å². The molecule has 1 aliphatic heterocycles. The molecular weight excluding hydrogens is 210 g/mol. The molecule has 86 valence electrons. The van der Waals surface area contributed by atoms with Gasteiger partial charge in [-0.05, 0) is 28.8 Å². The highest BCUT2D eigenvalue weighted by Gasteiger charge is 2.17. The third-order valence-electron chi connectivity index (χ3n) is 3.22. The highest BCUT2D eigenvalue weighted by molar-refractivity contribution is 5.31. The lowest BCUT2D eigenvalue weighted by atomic mass is 10.1. The van der Waals surface area contributed by atoms with E-state index in [0.717, 1.165) is 25.2 Å². The van der Waals surface area contributed by atoms with Crippen LogP contribution in [0.3, 0.4) is 0 Å². The van der Waals surface area contributed by atoms with Crippen molar-refractivity contribution < 1.29 is 5.11 Å². The minimum atomic E-state index is 0.346. The number of aromatic hydroxyl groups is 1. The van der Waals surface area contributed by atoms with Crippen molar-refractivity contribution in [3.8, 4) is 5.75 Å². The van der Waals surface area contributed by atoms with Crippen molar-refractivity contribution in [3.63, 3.8) is 0 Å². The predicted molar refractivity (Wildman–Crippen MR) is 67.5 cm³/mol. The van der Waals surface area contributed by atoms with Gasteiger partial charge in [0.25, 0.3) is 0 Å². The van der Waals surface area contributed by atoms with Gasteiger partial charge in [-0.2, -0.15) is 0 Å². The lowest BCUT2D eigenvalue weighted by molar-refractivity contribution is 0.275. The third kappa shape index (κ3) is 2.17. The molecule has 0 aliphatic carbocycles. The van der Waals surface area contributed by atoms with Crippen LogP contribution in [0.25, 0.3) is 0 Å². The number of fused-ring (bicyclic) bond motifs is 1. The predicted octanol–water partition coefficient (Wildman–Crippen LogP) is 2.91. The molecule has 0 unspecified atom stereocenters. The quantitative estimate of drug-likeness (QED) is 0.849. The molecular formula is C15H15NO. The molecule has 2 aromatic carbocycles. The Morgan fingerprint density at radius 3 is 2.29 bits per heavy atom. The maximum atomic E-state index is 9.44. The fourth-order valence-electron chi connectivity index (χ4n) is 2.43. The highest BCUT2D eigenvalue weighted by atomic mass is 16.3. The lowest BCUT2D eigenvalue weighted by Crippen LogP contribution is -2.15. The van der Waals surface area contributed by atoms with Gasteiger partial charge in [-0.3, -0.25) is 4.90 Å². The molecule has 2 heteroatoms. The van der Waals surface area contributed by atoms with Gasteiger partial charge in [-0.1, -0.05) is 36.4 Å². The Bertz CT molecular complexity index is 511. The zero-order chi connectivity index (χ0) is 11.7. The van der Waals surface area contributed by atoms with E-state index in [2.05, 4.69) is 35.2 Å². The third-order valence-corrected chi connectivity index (χ3v) is 3.22. The minimum absolute atomic E-state index is 0.346. The van der Waals surface area contributed by atoms with Crippen molar-refractivity contribution in [2.75, 3.05) is 0 Å². The molecule has 1 N–H and O–H groups in total. The Kier molecular flexibility index (Phi) is 2.57. The zero-order valence-corrected chi connectivity index (χ0v) is 9.63. The van der Waals surface area contributed by atoms with E-state index in [-0.39, 0.29) is 0 Å². The average Bonchev–Trinajstić information content (AvgIpc) is 2.71. The molecule has 0 saturated heterocycles. The summed E-state index contributed by atoms with van der Waals surface area (Å²) in [6, 6.07) is 16.1. The second-order valence-corrected chi connectivity index (χ2v) is 4.58. The Balaban J connectivity index is 1.74. The number of phenols is 1. The molecule has 0 bridgehead atoms. The number of hydrogen-bond donors (Lipinski definition) is 1. The SMILES string of the molecule is Oc1cccc(CN2Cc3ccccc3C2)c1. The van der Waals surface area contributed by atoms with Crippen molar-refractivity contribution >= 4 is 0 Å². The van der Waals surface area contributed by atoms with Crippen LogP contribution >= 0.6 is 0 Å². The average molecular weight is 225 g/mol. The van der Waals surface area contributed by atoms with Gasteiger partial charge in [0.1, 0.15) is 5.75 Å². The van der Waals surface area contributed by atoms with Crippen molar-refractivity contribution in [1.29, 1.82) is 0 Å². The van der Waals surface area contributed by atoms with Crippen LogP contribution in [0.5, 0.6) is 5.75 Å². The topological polar surface area (TPSA) is 23.5 Å².